The lowest BCUT2D eigenvalue weighted by Crippen LogP contribution is -2.40. The number of nitrogens with one attached hydrogen (secondary N) is 1. The lowest BCUT2D eigenvalue weighted by Gasteiger charge is -2.38. The Balaban J connectivity index is 1.69. The molecule has 0 unspecified atom stereocenters. The number of thioether (sulfide) groups is 1. The van der Waals surface area contributed by atoms with E-state index in [4.69, 9.17) is 9.47 Å². The van der Waals surface area contributed by atoms with Crippen molar-refractivity contribution in [1.82, 2.24) is 10.2 Å². The van der Waals surface area contributed by atoms with E-state index in [1.165, 1.54) is 0 Å². The first-order chi connectivity index (χ1) is 11.6. The smallest absolute Gasteiger partial charge is 0.220 e. The molecule has 6 heteroatoms. The number of nitrogens with zero attached hydrogens (tertiary/aromatic N) is 1. The first kappa shape index (κ1) is 17.4. The van der Waals surface area contributed by atoms with E-state index in [9.17, 15) is 4.79 Å². The second-order valence-electron chi connectivity index (χ2n) is 6.75. The van der Waals surface area contributed by atoms with Gasteiger partial charge in [-0.15, -0.1) is 11.8 Å². The minimum absolute atomic E-state index is 0.193. The van der Waals surface area contributed by atoms with Crippen LogP contribution in [0.3, 0.4) is 0 Å². The van der Waals surface area contributed by atoms with Gasteiger partial charge in [-0.3, -0.25) is 9.69 Å². The van der Waals surface area contributed by atoms with Gasteiger partial charge < -0.3 is 14.8 Å². The summed E-state index contributed by atoms with van der Waals surface area (Å²) in [5.74, 6) is 2.03. The van der Waals surface area contributed by atoms with Crippen molar-refractivity contribution in [2.45, 2.75) is 30.7 Å². The molecule has 24 heavy (non-hydrogen) atoms. The molecule has 2 heterocycles. The van der Waals surface area contributed by atoms with Crippen LogP contribution in [-0.4, -0.2) is 50.9 Å². The van der Waals surface area contributed by atoms with Crippen LogP contribution in [0.15, 0.2) is 17.0 Å². The van der Waals surface area contributed by atoms with Gasteiger partial charge in [-0.05, 0) is 49.7 Å². The zero-order valence-corrected chi connectivity index (χ0v) is 15.5. The summed E-state index contributed by atoms with van der Waals surface area (Å²) in [5.41, 5.74) is 1.35. The Morgan fingerprint density at radius 1 is 1.21 bits per heavy atom. The third kappa shape index (κ3) is 3.49. The highest BCUT2D eigenvalue weighted by Gasteiger charge is 2.40. The van der Waals surface area contributed by atoms with Crippen LogP contribution in [0.25, 0.3) is 0 Å². The van der Waals surface area contributed by atoms with Gasteiger partial charge in [0, 0.05) is 25.1 Å². The van der Waals surface area contributed by atoms with E-state index in [-0.39, 0.29) is 11.3 Å². The molecule has 0 bridgehead atoms. The fourth-order valence-corrected chi connectivity index (χ4v) is 4.32. The van der Waals surface area contributed by atoms with Crippen LogP contribution >= 0.6 is 11.8 Å². The van der Waals surface area contributed by atoms with Crippen molar-refractivity contribution in [3.8, 4) is 11.5 Å². The van der Waals surface area contributed by atoms with Gasteiger partial charge >= 0.3 is 0 Å². The molecule has 1 N–H and O–H groups in total. The van der Waals surface area contributed by atoms with Crippen molar-refractivity contribution in [3.63, 3.8) is 0 Å². The Hall–Kier alpha value is -1.40. The summed E-state index contributed by atoms with van der Waals surface area (Å²) in [6, 6.07) is 4.15. The molecular formula is C18H26N2O3S. The molecule has 5 nitrogen and oxygen atoms in total. The Morgan fingerprint density at radius 3 is 2.46 bits per heavy atom. The number of carbonyl (C=O) groups excluding carboxylic acids is 1. The van der Waals surface area contributed by atoms with Crippen LogP contribution in [0.4, 0.5) is 0 Å². The topological polar surface area (TPSA) is 50.8 Å². The molecule has 2 aliphatic heterocycles. The van der Waals surface area contributed by atoms with Gasteiger partial charge in [0.15, 0.2) is 0 Å². The van der Waals surface area contributed by atoms with E-state index in [2.05, 4.69) is 22.3 Å². The van der Waals surface area contributed by atoms with Gasteiger partial charge in [-0.25, -0.2) is 0 Å². The van der Waals surface area contributed by atoms with Crippen molar-refractivity contribution < 1.29 is 14.3 Å². The van der Waals surface area contributed by atoms with Crippen LogP contribution in [0, 0.1) is 5.41 Å². The lowest BCUT2D eigenvalue weighted by atomic mass is 9.77. The molecule has 0 aliphatic carbocycles. The predicted molar refractivity (Wildman–Crippen MR) is 95.9 cm³/mol. The van der Waals surface area contributed by atoms with Gasteiger partial charge in [0.25, 0.3) is 0 Å². The van der Waals surface area contributed by atoms with Crippen LogP contribution in [0.2, 0.25) is 0 Å². The molecule has 0 atom stereocenters. The van der Waals surface area contributed by atoms with Crippen molar-refractivity contribution in [2.24, 2.45) is 5.41 Å². The molecule has 1 aromatic rings. The summed E-state index contributed by atoms with van der Waals surface area (Å²) in [6.45, 7) is 3.74. The standard InChI is InChI=1S/C18H26N2O3S/c1-22-14-9-16(24-3)15(23-2)8-13(14)11-20-6-4-18(5-7-20)10-17(21)19-12-18/h8-9H,4-7,10-12H2,1-3H3,(H,19,21). The maximum atomic E-state index is 11.5. The van der Waals surface area contributed by atoms with E-state index in [1.54, 1.807) is 26.0 Å². The fourth-order valence-electron chi connectivity index (χ4n) is 3.75. The number of ether oxygens (including phenoxy) is 2. The van der Waals surface area contributed by atoms with Crippen LogP contribution in [0.1, 0.15) is 24.8 Å². The summed E-state index contributed by atoms with van der Waals surface area (Å²) in [6.07, 6.45) is 4.89. The molecular weight excluding hydrogens is 324 g/mol. The third-order valence-corrected chi connectivity index (χ3v) is 6.05. The highest BCUT2D eigenvalue weighted by molar-refractivity contribution is 7.98. The number of hydrogen-bond acceptors (Lipinski definition) is 5. The summed E-state index contributed by atoms with van der Waals surface area (Å²) < 4.78 is 11.1. The Labute approximate surface area is 148 Å². The molecule has 0 radical (unpaired) electrons. The maximum Gasteiger partial charge on any atom is 0.220 e. The monoisotopic (exact) mass is 350 g/mol. The molecule has 0 aromatic heterocycles. The van der Waals surface area contributed by atoms with E-state index in [0.717, 1.165) is 61.0 Å². The van der Waals surface area contributed by atoms with Crippen molar-refractivity contribution in [2.75, 3.05) is 40.1 Å². The SMILES string of the molecule is COc1cc(SC)c(OC)cc1CN1CCC2(CC1)CNC(=O)C2. The van der Waals surface area contributed by atoms with Gasteiger partial charge in [0.05, 0.1) is 19.1 Å². The average Bonchev–Trinajstić information content (AvgIpc) is 2.97. The third-order valence-electron chi connectivity index (χ3n) is 5.29. The fraction of sp³-hybridized carbons (Fsp3) is 0.611. The second kappa shape index (κ2) is 7.23. The second-order valence-corrected chi connectivity index (χ2v) is 7.60. The zero-order valence-electron chi connectivity index (χ0n) is 14.7. The number of rotatable bonds is 5. The number of carbonyl (C=O) groups is 1. The van der Waals surface area contributed by atoms with E-state index >= 15 is 0 Å². The summed E-state index contributed by atoms with van der Waals surface area (Å²) >= 11 is 1.66. The number of hydrogen-bond donors (Lipinski definition) is 1. The summed E-state index contributed by atoms with van der Waals surface area (Å²) in [7, 11) is 3.43. The van der Waals surface area contributed by atoms with Crippen molar-refractivity contribution in [3.05, 3.63) is 17.7 Å². The molecule has 2 aliphatic rings. The number of methoxy groups -OCH3 is 2. The Morgan fingerprint density at radius 2 is 1.92 bits per heavy atom. The molecule has 3 rings (SSSR count). The normalized spacial score (nSPS) is 20.2. The van der Waals surface area contributed by atoms with E-state index in [0.29, 0.717) is 6.42 Å². The summed E-state index contributed by atoms with van der Waals surface area (Å²) in [5, 5.41) is 2.99. The lowest BCUT2D eigenvalue weighted by molar-refractivity contribution is -0.119. The predicted octanol–water partition coefficient (Wildman–Crippen LogP) is 2.53. The first-order valence-electron chi connectivity index (χ1n) is 8.37. The van der Waals surface area contributed by atoms with Gasteiger partial charge in [-0.1, -0.05) is 0 Å². The molecule has 1 aromatic carbocycles. The maximum absolute atomic E-state index is 11.5. The van der Waals surface area contributed by atoms with Gasteiger partial charge in [-0.2, -0.15) is 0 Å². The zero-order chi connectivity index (χ0) is 17.2. The van der Waals surface area contributed by atoms with Gasteiger partial charge in [0.2, 0.25) is 5.91 Å². The highest BCUT2D eigenvalue weighted by atomic mass is 32.2. The average molecular weight is 350 g/mol. The minimum Gasteiger partial charge on any atom is -0.496 e. The Bertz CT molecular complexity index is 613. The number of likely N-dealkylation sites (tertiary alicyclic amines) is 1. The molecule has 2 fully saturated rings. The van der Waals surface area contributed by atoms with E-state index < -0.39 is 0 Å². The van der Waals surface area contributed by atoms with Crippen molar-refractivity contribution >= 4 is 17.7 Å². The van der Waals surface area contributed by atoms with Crippen LogP contribution in [-0.2, 0) is 11.3 Å². The van der Waals surface area contributed by atoms with Crippen molar-refractivity contribution in [1.29, 1.82) is 0 Å². The van der Waals surface area contributed by atoms with E-state index in [1.807, 2.05) is 6.26 Å². The highest BCUT2D eigenvalue weighted by Crippen LogP contribution is 2.39. The molecule has 1 spiro atoms. The number of piperidine rings is 1. The molecule has 0 saturated carbocycles. The Kier molecular flexibility index (Phi) is 5.25. The molecule has 132 valence electrons. The summed E-state index contributed by atoms with van der Waals surface area (Å²) in [4.78, 5) is 15.1. The van der Waals surface area contributed by atoms with Crippen LogP contribution in [0.5, 0.6) is 11.5 Å². The number of benzene rings is 1. The first-order valence-corrected chi connectivity index (χ1v) is 9.59. The number of amides is 1. The molecule has 1 amide bonds. The largest absolute Gasteiger partial charge is 0.496 e. The van der Waals surface area contributed by atoms with Crippen LogP contribution < -0.4 is 14.8 Å². The van der Waals surface area contributed by atoms with Gasteiger partial charge in [0.1, 0.15) is 11.5 Å². The quantitative estimate of drug-likeness (QED) is 0.827. The molecule has 2 saturated heterocycles. The minimum atomic E-state index is 0.193.